The molecule has 2 nitrogen and oxygen atoms in total. The number of aryl methyl sites for hydroxylation is 1. The normalized spacial score (nSPS) is 15.3. The summed E-state index contributed by atoms with van der Waals surface area (Å²) in [4.78, 5) is 0. The first-order chi connectivity index (χ1) is 9.66. The van der Waals surface area contributed by atoms with E-state index in [-0.39, 0.29) is 5.82 Å². The summed E-state index contributed by atoms with van der Waals surface area (Å²) >= 11 is 3.36. The third-order valence-electron chi connectivity index (χ3n) is 3.59. The van der Waals surface area contributed by atoms with E-state index >= 15 is 0 Å². The molecule has 0 bridgehead atoms. The van der Waals surface area contributed by atoms with Gasteiger partial charge in [0, 0.05) is 15.6 Å². The second kappa shape index (κ2) is 5.54. The summed E-state index contributed by atoms with van der Waals surface area (Å²) in [6, 6.07) is 10.2. The van der Waals surface area contributed by atoms with Crippen LogP contribution in [-0.2, 0) is 6.42 Å². The highest BCUT2D eigenvalue weighted by molar-refractivity contribution is 9.10. The zero-order chi connectivity index (χ0) is 14.1. The van der Waals surface area contributed by atoms with E-state index in [0.717, 1.165) is 34.2 Å². The van der Waals surface area contributed by atoms with Crippen LogP contribution in [0.1, 0.15) is 29.2 Å². The monoisotopic (exact) mass is 335 g/mol. The van der Waals surface area contributed by atoms with Crippen LogP contribution in [0.3, 0.4) is 0 Å². The maximum atomic E-state index is 14.0. The number of benzene rings is 2. The van der Waals surface area contributed by atoms with E-state index in [1.54, 1.807) is 12.1 Å². The average molecular weight is 336 g/mol. The molecule has 2 N–H and O–H groups in total. The van der Waals surface area contributed by atoms with Crippen LogP contribution in [0.2, 0.25) is 0 Å². The van der Waals surface area contributed by atoms with Crippen LogP contribution >= 0.6 is 15.9 Å². The van der Waals surface area contributed by atoms with Gasteiger partial charge in [-0.1, -0.05) is 34.1 Å². The van der Waals surface area contributed by atoms with Crippen molar-refractivity contribution in [3.05, 3.63) is 63.4 Å². The Hall–Kier alpha value is -1.39. The Morgan fingerprint density at radius 1 is 1.20 bits per heavy atom. The maximum absolute atomic E-state index is 14.0. The minimum absolute atomic E-state index is 0.297. The third-order valence-corrected chi connectivity index (χ3v) is 4.09. The molecule has 0 saturated carbocycles. The molecule has 20 heavy (non-hydrogen) atoms. The molecule has 1 atom stereocenters. The van der Waals surface area contributed by atoms with E-state index in [0.29, 0.717) is 12.2 Å². The summed E-state index contributed by atoms with van der Waals surface area (Å²) in [5.41, 5.74) is 8.74. The molecule has 0 spiro atoms. The summed E-state index contributed by atoms with van der Waals surface area (Å²) in [5, 5.41) is 0. The van der Waals surface area contributed by atoms with Gasteiger partial charge >= 0.3 is 0 Å². The molecule has 104 valence electrons. The van der Waals surface area contributed by atoms with E-state index in [9.17, 15) is 4.39 Å². The molecule has 1 heterocycles. The molecule has 2 aromatic carbocycles. The fourth-order valence-electron chi connectivity index (χ4n) is 2.58. The molecule has 0 radical (unpaired) electrons. The number of ether oxygens (including phenoxy) is 1. The lowest BCUT2D eigenvalue weighted by molar-refractivity contribution is 0.284. The number of hydrogen-bond donors (Lipinski definition) is 1. The number of rotatable bonds is 2. The summed E-state index contributed by atoms with van der Waals surface area (Å²) < 4.78 is 20.6. The highest BCUT2D eigenvalue weighted by Gasteiger charge is 2.21. The van der Waals surface area contributed by atoms with E-state index in [2.05, 4.69) is 15.9 Å². The van der Waals surface area contributed by atoms with Crippen molar-refractivity contribution in [3.63, 3.8) is 0 Å². The number of halogens is 2. The van der Waals surface area contributed by atoms with Crippen molar-refractivity contribution < 1.29 is 9.13 Å². The van der Waals surface area contributed by atoms with E-state index in [1.165, 1.54) is 6.07 Å². The molecule has 0 aromatic heterocycles. The van der Waals surface area contributed by atoms with Gasteiger partial charge in [0.15, 0.2) is 0 Å². The van der Waals surface area contributed by atoms with E-state index in [4.69, 9.17) is 10.5 Å². The molecule has 0 saturated heterocycles. The van der Waals surface area contributed by atoms with E-state index < -0.39 is 6.04 Å². The van der Waals surface area contributed by atoms with Crippen LogP contribution < -0.4 is 10.5 Å². The van der Waals surface area contributed by atoms with Crippen LogP contribution in [-0.4, -0.2) is 6.61 Å². The molecule has 1 aliphatic rings. The predicted octanol–water partition coefficient (Wildman–Crippen LogP) is 3.96. The number of nitrogens with two attached hydrogens (primary N) is 1. The largest absolute Gasteiger partial charge is 0.493 e. The van der Waals surface area contributed by atoms with Gasteiger partial charge in [0.2, 0.25) is 0 Å². The van der Waals surface area contributed by atoms with Gasteiger partial charge in [0.25, 0.3) is 0 Å². The first-order valence-corrected chi connectivity index (χ1v) is 7.41. The summed E-state index contributed by atoms with van der Waals surface area (Å²) in [6.45, 7) is 0.692. The average Bonchev–Trinajstić information content (AvgIpc) is 2.48. The third kappa shape index (κ3) is 2.45. The van der Waals surface area contributed by atoms with Crippen LogP contribution in [0.5, 0.6) is 5.75 Å². The Morgan fingerprint density at radius 2 is 2.05 bits per heavy atom. The van der Waals surface area contributed by atoms with Crippen molar-refractivity contribution in [2.45, 2.75) is 18.9 Å². The molecule has 2 aromatic rings. The Bertz CT molecular complexity index is 644. The van der Waals surface area contributed by atoms with Crippen molar-refractivity contribution in [3.8, 4) is 5.75 Å². The van der Waals surface area contributed by atoms with Crippen LogP contribution in [0.4, 0.5) is 4.39 Å². The topological polar surface area (TPSA) is 35.2 Å². The second-order valence-electron chi connectivity index (χ2n) is 4.93. The summed E-state index contributed by atoms with van der Waals surface area (Å²) in [6.07, 6.45) is 1.99. The number of hydrogen-bond acceptors (Lipinski definition) is 2. The van der Waals surface area contributed by atoms with Crippen molar-refractivity contribution >= 4 is 15.9 Å². The lowest BCUT2D eigenvalue weighted by Crippen LogP contribution is -2.18. The van der Waals surface area contributed by atoms with Gasteiger partial charge in [-0.2, -0.15) is 0 Å². The Labute approximate surface area is 125 Å². The van der Waals surface area contributed by atoms with Gasteiger partial charge in [-0.25, -0.2) is 4.39 Å². The van der Waals surface area contributed by atoms with Crippen molar-refractivity contribution in [1.29, 1.82) is 0 Å². The van der Waals surface area contributed by atoms with Crippen molar-refractivity contribution in [2.24, 2.45) is 5.73 Å². The summed E-state index contributed by atoms with van der Waals surface area (Å²) in [7, 11) is 0. The molecular formula is C16H15BrFNO. The molecule has 1 unspecified atom stereocenters. The van der Waals surface area contributed by atoms with Gasteiger partial charge in [0.05, 0.1) is 12.6 Å². The van der Waals surface area contributed by atoms with Crippen LogP contribution in [0, 0.1) is 5.82 Å². The fourth-order valence-corrected chi connectivity index (χ4v) is 2.96. The SMILES string of the molecule is NC(c1cc(Br)ccc1F)c1cccc2c1OCCC2. The van der Waals surface area contributed by atoms with Gasteiger partial charge in [0.1, 0.15) is 11.6 Å². The number of fused-ring (bicyclic) bond motifs is 1. The van der Waals surface area contributed by atoms with Crippen molar-refractivity contribution in [2.75, 3.05) is 6.61 Å². The minimum atomic E-state index is -0.527. The molecule has 4 heteroatoms. The van der Waals surface area contributed by atoms with Gasteiger partial charge < -0.3 is 10.5 Å². The van der Waals surface area contributed by atoms with E-state index in [1.807, 2.05) is 18.2 Å². The fraction of sp³-hybridized carbons (Fsp3) is 0.250. The number of para-hydroxylation sites is 1. The first-order valence-electron chi connectivity index (χ1n) is 6.62. The first kappa shape index (κ1) is 13.6. The lowest BCUT2D eigenvalue weighted by Gasteiger charge is -2.23. The zero-order valence-electron chi connectivity index (χ0n) is 10.9. The minimum Gasteiger partial charge on any atom is -0.493 e. The Morgan fingerprint density at radius 3 is 2.90 bits per heavy atom. The molecular weight excluding hydrogens is 321 g/mol. The Balaban J connectivity index is 2.06. The highest BCUT2D eigenvalue weighted by Crippen LogP contribution is 2.35. The maximum Gasteiger partial charge on any atom is 0.128 e. The molecule has 1 aliphatic heterocycles. The second-order valence-corrected chi connectivity index (χ2v) is 5.85. The smallest absolute Gasteiger partial charge is 0.128 e. The molecule has 0 amide bonds. The molecule has 0 fully saturated rings. The van der Waals surface area contributed by atoms with Crippen molar-refractivity contribution in [1.82, 2.24) is 0 Å². The van der Waals surface area contributed by atoms with Gasteiger partial charge in [-0.05, 0) is 36.6 Å². The quantitative estimate of drug-likeness (QED) is 0.901. The molecule has 0 aliphatic carbocycles. The predicted molar refractivity (Wildman–Crippen MR) is 80.4 cm³/mol. The van der Waals surface area contributed by atoms with Crippen LogP contribution in [0.25, 0.3) is 0 Å². The van der Waals surface area contributed by atoms with Gasteiger partial charge in [-0.15, -0.1) is 0 Å². The van der Waals surface area contributed by atoms with Crippen LogP contribution in [0.15, 0.2) is 40.9 Å². The zero-order valence-corrected chi connectivity index (χ0v) is 12.5. The summed E-state index contributed by atoms with van der Waals surface area (Å²) in [5.74, 6) is 0.528. The standard InChI is InChI=1S/C16H15BrFNO/c17-11-6-7-14(18)13(9-11)15(19)12-5-1-3-10-4-2-8-20-16(10)12/h1,3,5-7,9,15H,2,4,8,19H2. The lowest BCUT2D eigenvalue weighted by atomic mass is 9.94. The van der Waals surface area contributed by atoms with Gasteiger partial charge in [-0.3, -0.25) is 0 Å². The highest BCUT2D eigenvalue weighted by atomic mass is 79.9. The Kier molecular flexibility index (Phi) is 3.76. The molecule has 3 rings (SSSR count).